The van der Waals surface area contributed by atoms with Gasteiger partial charge in [-0.25, -0.2) is 4.98 Å². The normalized spacial score (nSPS) is 11.0. The third kappa shape index (κ3) is 4.28. The van der Waals surface area contributed by atoms with E-state index in [-0.39, 0.29) is 17.2 Å². The summed E-state index contributed by atoms with van der Waals surface area (Å²) in [7, 11) is 1.68. The number of thioether (sulfide) groups is 1. The molecule has 0 aliphatic carbocycles. The summed E-state index contributed by atoms with van der Waals surface area (Å²) < 4.78 is 2.10. The highest BCUT2D eigenvalue weighted by molar-refractivity contribution is 7.99. The number of anilines is 1. The predicted molar refractivity (Wildman–Crippen MR) is 126 cm³/mol. The molecule has 0 radical (unpaired) electrons. The standard InChI is InChI=1S/C22H18ClN3O2S2/c1-13-8-9-15(10-16(13)23)24-19(27)12-29-22-25-17-11-18(14-6-4-3-5-7-14)30-20(17)21(28)26(22)2/h3-11H,12H2,1-2H3,(H,24,27). The van der Waals surface area contributed by atoms with Gasteiger partial charge in [-0.15, -0.1) is 11.3 Å². The van der Waals surface area contributed by atoms with Crippen LogP contribution < -0.4 is 10.9 Å². The van der Waals surface area contributed by atoms with Gasteiger partial charge in [0.05, 0.1) is 11.3 Å². The maximum absolute atomic E-state index is 12.8. The van der Waals surface area contributed by atoms with Crippen LogP contribution in [0.15, 0.2) is 64.5 Å². The molecule has 0 saturated carbocycles. The van der Waals surface area contributed by atoms with Crippen LogP contribution in [0, 0.1) is 6.92 Å². The molecule has 8 heteroatoms. The molecular formula is C22H18ClN3O2S2. The zero-order valence-corrected chi connectivity index (χ0v) is 18.7. The first kappa shape index (κ1) is 20.7. The molecule has 2 aromatic heterocycles. The van der Waals surface area contributed by atoms with Gasteiger partial charge in [0.25, 0.3) is 5.56 Å². The second-order valence-electron chi connectivity index (χ2n) is 6.75. The van der Waals surface area contributed by atoms with Crippen LogP contribution in [-0.2, 0) is 11.8 Å². The van der Waals surface area contributed by atoms with E-state index in [0.717, 1.165) is 16.0 Å². The SMILES string of the molecule is Cc1ccc(NC(=O)CSc2nc3cc(-c4ccccc4)sc3c(=O)n2C)cc1Cl. The van der Waals surface area contributed by atoms with Gasteiger partial charge in [0.2, 0.25) is 5.91 Å². The molecule has 30 heavy (non-hydrogen) atoms. The van der Waals surface area contributed by atoms with Gasteiger partial charge < -0.3 is 5.32 Å². The second-order valence-corrected chi connectivity index (χ2v) is 9.15. The highest BCUT2D eigenvalue weighted by atomic mass is 35.5. The van der Waals surface area contributed by atoms with Gasteiger partial charge in [0, 0.05) is 22.6 Å². The Morgan fingerprint density at radius 3 is 2.70 bits per heavy atom. The number of carbonyl (C=O) groups excluding carboxylic acids is 1. The number of fused-ring (bicyclic) bond motifs is 1. The van der Waals surface area contributed by atoms with Crippen molar-refractivity contribution in [1.82, 2.24) is 9.55 Å². The first-order valence-electron chi connectivity index (χ1n) is 9.17. The fourth-order valence-electron chi connectivity index (χ4n) is 2.91. The van der Waals surface area contributed by atoms with E-state index in [2.05, 4.69) is 10.3 Å². The number of nitrogens with one attached hydrogen (secondary N) is 1. The second kappa shape index (κ2) is 8.63. The predicted octanol–water partition coefficient (Wildman–Crippen LogP) is 5.35. The number of carbonyl (C=O) groups is 1. The monoisotopic (exact) mass is 455 g/mol. The lowest BCUT2D eigenvalue weighted by Crippen LogP contribution is -2.20. The summed E-state index contributed by atoms with van der Waals surface area (Å²) in [5.41, 5.74) is 3.17. The molecule has 0 bridgehead atoms. The largest absolute Gasteiger partial charge is 0.325 e. The van der Waals surface area contributed by atoms with Gasteiger partial charge in [0.1, 0.15) is 4.70 Å². The number of nitrogens with zero attached hydrogens (tertiary/aromatic N) is 2. The van der Waals surface area contributed by atoms with Crippen molar-refractivity contribution in [1.29, 1.82) is 0 Å². The van der Waals surface area contributed by atoms with Crippen LogP contribution in [0.25, 0.3) is 20.7 Å². The van der Waals surface area contributed by atoms with E-state index in [1.54, 1.807) is 19.2 Å². The van der Waals surface area contributed by atoms with Crippen molar-refractivity contribution in [2.24, 2.45) is 7.05 Å². The van der Waals surface area contributed by atoms with Gasteiger partial charge in [-0.05, 0) is 36.2 Å². The molecule has 2 heterocycles. The van der Waals surface area contributed by atoms with Gasteiger partial charge in [-0.2, -0.15) is 0 Å². The van der Waals surface area contributed by atoms with Crippen molar-refractivity contribution < 1.29 is 4.79 Å². The van der Waals surface area contributed by atoms with E-state index in [9.17, 15) is 9.59 Å². The first-order chi connectivity index (χ1) is 14.4. The number of rotatable bonds is 5. The van der Waals surface area contributed by atoms with Crippen molar-refractivity contribution in [3.63, 3.8) is 0 Å². The number of aromatic nitrogens is 2. The van der Waals surface area contributed by atoms with Crippen molar-refractivity contribution in [2.45, 2.75) is 12.1 Å². The van der Waals surface area contributed by atoms with Crippen LogP contribution >= 0.6 is 34.7 Å². The van der Waals surface area contributed by atoms with Crippen LogP contribution in [0.4, 0.5) is 5.69 Å². The fourth-order valence-corrected chi connectivity index (χ4v) is 4.94. The van der Waals surface area contributed by atoms with Gasteiger partial charge in [-0.3, -0.25) is 14.2 Å². The molecule has 0 spiro atoms. The smallest absolute Gasteiger partial charge is 0.271 e. The Bertz CT molecular complexity index is 1300. The minimum Gasteiger partial charge on any atom is -0.325 e. The Hall–Kier alpha value is -2.61. The van der Waals surface area contributed by atoms with Crippen LogP contribution in [0.5, 0.6) is 0 Å². The molecule has 0 atom stereocenters. The van der Waals surface area contributed by atoms with E-state index < -0.39 is 0 Å². The van der Waals surface area contributed by atoms with E-state index in [4.69, 9.17) is 11.6 Å². The molecular weight excluding hydrogens is 438 g/mol. The Kier molecular flexibility index (Phi) is 5.94. The zero-order chi connectivity index (χ0) is 21.3. The molecule has 4 aromatic rings. The van der Waals surface area contributed by atoms with E-state index in [0.29, 0.717) is 26.1 Å². The summed E-state index contributed by atoms with van der Waals surface area (Å²) in [5.74, 6) is -0.0583. The lowest BCUT2D eigenvalue weighted by molar-refractivity contribution is -0.113. The first-order valence-corrected chi connectivity index (χ1v) is 11.3. The van der Waals surface area contributed by atoms with Gasteiger partial charge in [-0.1, -0.05) is 59.8 Å². The fraction of sp³-hybridized carbons (Fsp3) is 0.136. The number of halogens is 1. The average molecular weight is 456 g/mol. The molecule has 2 aromatic carbocycles. The van der Waals surface area contributed by atoms with E-state index in [1.165, 1.54) is 27.7 Å². The van der Waals surface area contributed by atoms with Crippen LogP contribution in [-0.4, -0.2) is 21.2 Å². The van der Waals surface area contributed by atoms with Crippen molar-refractivity contribution >= 4 is 56.5 Å². The van der Waals surface area contributed by atoms with Crippen LogP contribution in [0.1, 0.15) is 5.56 Å². The van der Waals surface area contributed by atoms with E-state index >= 15 is 0 Å². The minimum atomic E-state index is -0.190. The summed E-state index contributed by atoms with van der Waals surface area (Å²) in [4.78, 5) is 30.8. The molecule has 0 unspecified atom stereocenters. The molecule has 4 rings (SSSR count). The summed E-state index contributed by atoms with van der Waals surface area (Å²) >= 11 is 8.77. The Morgan fingerprint density at radius 2 is 1.97 bits per heavy atom. The van der Waals surface area contributed by atoms with Crippen molar-refractivity contribution in [2.75, 3.05) is 11.1 Å². The number of amides is 1. The lowest BCUT2D eigenvalue weighted by atomic mass is 10.2. The summed E-state index contributed by atoms with van der Waals surface area (Å²) in [6.07, 6.45) is 0. The number of hydrogen-bond donors (Lipinski definition) is 1. The van der Waals surface area contributed by atoms with Gasteiger partial charge in [0.15, 0.2) is 5.16 Å². The maximum Gasteiger partial charge on any atom is 0.271 e. The Balaban J connectivity index is 1.54. The van der Waals surface area contributed by atoms with Crippen LogP contribution in [0.2, 0.25) is 5.02 Å². The van der Waals surface area contributed by atoms with Gasteiger partial charge >= 0.3 is 0 Å². The Labute approximate surface area is 186 Å². The third-order valence-electron chi connectivity index (χ3n) is 4.56. The highest BCUT2D eigenvalue weighted by Crippen LogP contribution is 2.31. The Morgan fingerprint density at radius 1 is 1.20 bits per heavy atom. The third-order valence-corrected chi connectivity index (χ3v) is 7.16. The summed E-state index contributed by atoms with van der Waals surface area (Å²) in [6.45, 7) is 1.90. The topological polar surface area (TPSA) is 64.0 Å². The summed E-state index contributed by atoms with van der Waals surface area (Å²) in [5, 5.41) is 3.92. The molecule has 5 nitrogen and oxygen atoms in total. The van der Waals surface area contributed by atoms with E-state index in [1.807, 2.05) is 49.4 Å². The minimum absolute atomic E-state index is 0.111. The molecule has 1 N–H and O–H groups in total. The average Bonchev–Trinajstić information content (AvgIpc) is 3.17. The number of hydrogen-bond acceptors (Lipinski definition) is 5. The number of aryl methyl sites for hydroxylation is 1. The molecule has 0 fully saturated rings. The zero-order valence-electron chi connectivity index (χ0n) is 16.3. The summed E-state index contributed by atoms with van der Waals surface area (Å²) in [6, 6.07) is 17.2. The maximum atomic E-state index is 12.8. The number of benzene rings is 2. The molecule has 1 amide bonds. The van der Waals surface area contributed by atoms with Crippen molar-refractivity contribution in [3.05, 3.63) is 75.5 Å². The number of thiophene rings is 1. The quantitative estimate of drug-likeness (QED) is 0.325. The van der Waals surface area contributed by atoms with Crippen molar-refractivity contribution in [3.8, 4) is 10.4 Å². The molecule has 0 aliphatic rings. The molecule has 152 valence electrons. The van der Waals surface area contributed by atoms with Crippen LogP contribution in [0.3, 0.4) is 0 Å². The lowest BCUT2D eigenvalue weighted by Gasteiger charge is -2.08. The highest BCUT2D eigenvalue weighted by Gasteiger charge is 2.15. The molecule has 0 saturated heterocycles. The molecule has 0 aliphatic heterocycles.